The van der Waals surface area contributed by atoms with Crippen LogP contribution in [-0.4, -0.2) is 9.55 Å². The van der Waals surface area contributed by atoms with Crippen molar-refractivity contribution in [2.24, 2.45) is 0 Å². The van der Waals surface area contributed by atoms with Crippen molar-refractivity contribution < 1.29 is 4.39 Å². The number of aromatic nitrogens is 2. The van der Waals surface area contributed by atoms with Crippen molar-refractivity contribution >= 4 is 50.9 Å². The number of hydrogen-bond donors (Lipinski definition) is 1. The second-order valence-electron chi connectivity index (χ2n) is 3.89. The van der Waals surface area contributed by atoms with Gasteiger partial charge in [0.2, 0.25) is 5.95 Å². The molecule has 0 fully saturated rings. The van der Waals surface area contributed by atoms with Crippen molar-refractivity contribution in [3.05, 3.63) is 43.9 Å². The number of benzene rings is 1. The lowest BCUT2D eigenvalue weighted by atomic mass is 10.3. The molecule has 0 saturated carbocycles. The summed E-state index contributed by atoms with van der Waals surface area (Å²) in [5.74, 6) is 0.176. The molecular formula is C12H9FIN3S. The van der Waals surface area contributed by atoms with Gasteiger partial charge in [-0.25, -0.2) is 9.37 Å². The van der Waals surface area contributed by atoms with Crippen LogP contribution in [0.5, 0.6) is 0 Å². The molecule has 3 nitrogen and oxygen atoms in total. The van der Waals surface area contributed by atoms with Gasteiger partial charge in [0.25, 0.3) is 0 Å². The molecule has 0 amide bonds. The predicted octanol–water partition coefficient (Wildman–Crippen LogP) is 3.47. The van der Waals surface area contributed by atoms with Gasteiger partial charge in [-0.1, -0.05) is 6.07 Å². The summed E-state index contributed by atoms with van der Waals surface area (Å²) in [6, 6.07) is 7.22. The van der Waals surface area contributed by atoms with Gasteiger partial charge in [0.05, 0.1) is 21.1 Å². The molecule has 0 radical (unpaired) electrons. The van der Waals surface area contributed by atoms with Crippen molar-refractivity contribution in [1.82, 2.24) is 9.55 Å². The maximum atomic E-state index is 13.6. The van der Waals surface area contributed by atoms with Crippen LogP contribution < -0.4 is 5.73 Å². The van der Waals surface area contributed by atoms with Crippen molar-refractivity contribution in [1.29, 1.82) is 0 Å². The summed E-state index contributed by atoms with van der Waals surface area (Å²) in [6.45, 7) is 0.625. The molecule has 3 rings (SSSR count). The predicted molar refractivity (Wildman–Crippen MR) is 80.2 cm³/mol. The number of halogens is 2. The Morgan fingerprint density at radius 2 is 2.28 bits per heavy atom. The van der Waals surface area contributed by atoms with Crippen LogP contribution in [-0.2, 0) is 6.54 Å². The van der Waals surface area contributed by atoms with Gasteiger partial charge in [-0.3, -0.25) is 0 Å². The molecule has 0 spiro atoms. The summed E-state index contributed by atoms with van der Waals surface area (Å²) in [6.07, 6.45) is 0. The van der Waals surface area contributed by atoms with E-state index in [1.807, 2.05) is 44.7 Å². The number of rotatable bonds is 2. The summed E-state index contributed by atoms with van der Waals surface area (Å²) < 4.78 is 16.0. The van der Waals surface area contributed by atoms with E-state index in [-0.39, 0.29) is 5.82 Å². The molecule has 6 heteroatoms. The average molecular weight is 373 g/mol. The topological polar surface area (TPSA) is 43.8 Å². The Bertz CT molecular complexity index is 706. The summed E-state index contributed by atoms with van der Waals surface area (Å²) in [7, 11) is 0. The molecule has 0 unspecified atom stereocenters. The third-order valence-corrected chi connectivity index (χ3v) is 4.40. The Labute approximate surface area is 121 Å². The zero-order chi connectivity index (χ0) is 12.7. The number of nitrogens with two attached hydrogens (primary N) is 1. The molecule has 0 saturated heterocycles. The minimum atomic E-state index is -0.240. The molecule has 2 aromatic heterocycles. The lowest BCUT2D eigenvalue weighted by Crippen LogP contribution is -2.03. The second kappa shape index (κ2) is 4.51. The van der Waals surface area contributed by atoms with Crippen LogP contribution in [0.3, 0.4) is 0 Å². The van der Waals surface area contributed by atoms with Gasteiger partial charge in [0.15, 0.2) is 0 Å². The summed E-state index contributed by atoms with van der Waals surface area (Å²) in [4.78, 5) is 5.44. The van der Waals surface area contributed by atoms with E-state index in [4.69, 9.17) is 5.73 Å². The van der Waals surface area contributed by atoms with Crippen molar-refractivity contribution in [3.63, 3.8) is 0 Å². The fraction of sp³-hybridized carbons (Fsp3) is 0.0833. The zero-order valence-electron chi connectivity index (χ0n) is 9.23. The lowest BCUT2D eigenvalue weighted by molar-refractivity contribution is 0.621. The Morgan fingerprint density at radius 1 is 1.44 bits per heavy atom. The van der Waals surface area contributed by atoms with E-state index in [2.05, 4.69) is 4.98 Å². The average Bonchev–Trinajstić information content (AvgIpc) is 2.92. The van der Waals surface area contributed by atoms with Crippen LogP contribution in [0.1, 0.15) is 4.88 Å². The number of nitrogen functional groups attached to an aromatic ring is 1. The molecule has 1 aromatic carbocycles. The van der Waals surface area contributed by atoms with Crippen molar-refractivity contribution in [2.75, 3.05) is 5.73 Å². The highest BCUT2D eigenvalue weighted by molar-refractivity contribution is 14.1. The standard InChI is InChI=1S/C12H9FIN3S/c13-8-4-11-10(5-9(8)14)16-12(15)17(11)6-7-2-1-3-18-7/h1-5H,6H2,(H2,15,16). The SMILES string of the molecule is Nc1nc2cc(I)c(F)cc2n1Cc1cccs1. The molecule has 0 aliphatic carbocycles. The van der Waals surface area contributed by atoms with Crippen molar-refractivity contribution in [3.8, 4) is 0 Å². The highest BCUT2D eigenvalue weighted by atomic mass is 127. The summed E-state index contributed by atoms with van der Waals surface area (Å²) >= 11 is 3.60. The van der Waals surface area contributed by atoms with Gasteiger partial charge in [0, 0.05) is 10.9 Å². The molecule has 0 aliphatic heterocycles. The molecule has 3 aromatic rings. The molecule has 2 heterocycles. The van der Waals surface area contributed by atoms with Crippen LogP contribution >= 0.6 is 33.9 Å². The molecule has 0 aliphatic rings. The Kier molecular flexibility index (Phi) is 2.98. The third kappa shape index (κ3) is 1.99. The molecule has 0 bridgehead atoms. The van der Waals surface area contributed by atoms with E-state index in [0.717, 1.165) is 11.0 Å². The molecular weight excluding hydrogens is 364 g/mol. The van der Waals surface area contributed by atoms with Crippen LogP contribution in [0.4, 0.5) is 10.3 Å². The molecule has 2 N–H and O–H groups in total. The largest absolute Gasteiger partial charge is 0.369 e. The first-order valence-corrected chi connectivity index (χ1v) is 7.24. The van der Waals surface area contributed by atoms with E-state index in [1.54, 1.807) is 17.4 Å². The number of anilines is 1. The Hall–Kier alpha value is -1.15. The summed E-state index contributed by atoms with van der Waals surface area (Å²) in [5.41, 5.74) is 7.37. The van der Waals surface area contributed by atoms with Gasteiger partial charge >= 0.3 is 0 Å². The first-order chi connectivity index (χ1) is 8.65. The van der Waals surface area contributed by atoms with Gasteiger partial charge in [-0.05, 0) is 40.1 Å². The zero-order valence-corrected chi connectivity index (χ0v) is 12.2. The van der Waals surface area contributed by atoms with E-state index in [0.29, 0.717) is 16.1 Å². The van der Waals surface area contributed by atoms with Gasteiger partial charge in [0.1, 0.15) is 5.82 Å². The van der Waals surface area contributed by atoms with Crippen LogP contribution in [0.2, 0.25) is 0 Å². The number of thiophene rings is 1. The fourth-order valence-corrected chi connectivity index (χ4v) is 3.01. The highest BCUT2D eigenvalue weighted by Crippen LogP contribution is 2.24. The molecule has 18 heavy (non-hydrogen) atoms. The van der Waals surface area contributed by atoms with Gasteiger partial charge < -0.3 is 10.3 Å². The number of fused-ring (bicyclic) bond motifs is 1. The summed E-state index contributed by atoms with van der Waals surface area (Å²) in [5, 5.41) is 2.01. The van der Waals surface area contributed by atoms with E-state index in [1.165, 1.54) is 10.9 Å². The fourth-order valence-electron chi connectivity index (χ4n) is 1.86. The quantitative estimate of drug-likeness (QED) is 0.700. The number of nitrogens with zero attached hydrogens (tertiary/aromatic N) is 2. The minimum Gasteiger partial charge on any atom is -0.369 e. The second-order valence-corrected chi connectivity index (χ2v) is 6.08. The minimum absolute atomic E-state index is 0.240. The Morgan fingerprint density at radius 3 is 3.00 bits per heavy atom. The monoisotopic (exact) mass is 373 g/mol. The third-order valence-electron chi connectivity index (χ3n) is 2.71. The van der Waals surface area contributed by atoms with Crippen LogP contribution in [0.25, 0.3) is 11.0 Å². The maximum absolute atomic E-state index is 13.6. The smallest absolute Gasteiger partial charge is 0.201 e. The maximum Gasteiger partial charge on any atom is 0.201 e. The van der Waals surface area contributed by atoms with E-state index < -0.39 is 0 Å². The van der Waals surface area contributed by atoms with Gasteiger partial charge in [-0.2, -0.15) is 0 Å². The molecule has 92 valence electrons. The van der Waals surface area contributed by atoms with Crippen LogP contribution in [0.15, 0.2) is 29.6 Å². The number of imidazole rings is 1. The first-order valence-electron chi connectivity index (χ1n) is 5.28. The Balaban J connectivity index is 2.16. The van der Waals surface area contributed by atoms with Crippen LogP contribution in [0, 0.1) is 9.39 Å². The molecule has 0 atom stereocenters. The van der Waals surface area contributed by atoms with Crippen molar-refractivity contribution in [2.45, 2.75) is 6.54 Å². The first kappa shape index (κ1) is 11.9. The van der Waals surface area contributed by atoms with E-state index in [9.17, 15) is 4.39 Å². The van der Waals surface area contributed by atoms with Gasteiger partial charge in [-0.15, -0.1) is 11.3 Å². The lowest BCUT2D eigenvalue weighted by Gasteiger charge is -2.04. The number of hydrogen-bond acceptors (Lipinski definition) is 3. The highest BCUT2D eigenvalue weighted by Gasteiger charge is 2.12. The normalized spacial score (nSPS) is 11.2. The van der Waals surface area contributed by atoms with E-state index >= 15 is 0 Å².